The number of ether oxygens (including phenoxy) is 1. The molecule has 0 amide bonds. The molecule has 0 unspecified atom stereocenters. The minimum atomic E-state index is -0.319. The molecule has 4 heteroatoms. The number of H-pyrrole nitrogens is 1. The number of nitrogens with one attached hydrogen (secondary N) is 1. The number of hydrogen-bond acceptors (Lipinski definition) is 3. The molecule has 0 aliphatic heterocycles. The van der Waals surface area contributed by atoms with E-state index >= 15 is 0 Å². The van der Waals surface area contributed by atoms with Gasteiger partial charge in [0.2, 0.25) is 0 Å². The molecule has 1 heterocycles. The second-order valence-electron chi connectivity index (χ2n) is 4.73. The van der Waals surface area contributed by atoms with Crippen molar-refractivity contribution in [1.82, 2.24) is 4.98 Å². The van der Waals surface area contributed by atoms with Crippen LogP contribution in [-0.2, 0) is 11.3 Å². The van der Waals surface area contributed by atoms with Gasteiger partial charge in [0, 0.05) is 11.1 Å². The molecule has 3 nitrogen and oxygen atoms in total. The minimum absolute atomic E-state index is 0.284. The fourth-order valence-corrected chi connectivity index (χ4v) is 2.82. The number of benzene rings is 2. The van der Waals surface area contributed by atoms with Gasteiger partial charge in [-0.1, -0.05) is 60.3 Å². The van der Waals surface area contributed by atoms with Gasteiger partial charge in [0.1, 0.15) is 6.61 Å². The van der Waals surface area contributed by atoms with E-state index in [0.717, 1.165) is 15.5 Å². The van der Waals surface area contributed by atoms with Crippen LogP contribution in [0, 0.1) is 0 Å². The Hall–Kier alpha value is -2.46. The fraction of sp³-hybridized carbons (Fsp3) is 0.0556. The number of rotatable bonds is 5. The summed E-state index contributed by atoms with van der Waals surface area (Å²) >= 11 is 1.58. The maximum Gasteiger partial charge on any atom is 0.340 e. The van der Waals surface area contributed by atoms with Crippen LogP contribution in [-0.4, -0.2) is 11.0 Å². The van der Waals surface area contributed by atoms with Crippen molar-refractivity contribution in [3.8, 4) is 0 Å². The van der Waals surface area contributed by atoms with Crippen LogP contribution in [0.1, 0.15) is 15.9 Å². The molecule has 1 aromatic heterocycles. The van der Waals surface area contributed by atoms with Crippen LogP contribution >= 0.6 is 11.8 Å². The minimum Gasteiger partial charge on any atom is -0.457 e. The summed E-state index contributed by atoms with van der Waals surface area (Å²) in [7, 11) is 0. The molecule has 0 radical (unpaired) electrons. The first-order valence-corrected chi connectivity index (χ1v) is 7.75. The highest BCUT2D eigenvalue weighted by Gasteiger charge is 2.10. The Morgan fingerprint density at radius 3 is 2.41 bits per heavy atom. The molecule has 0 aliphatic carbocycles. The van der Waals surface area contributed by atoms with Crippen molar-refractivity contribution in [2.45, 2.75) is 16.5 Å². The van der Waals surface area contributed by atoms with Crippen molar-refractivity contribution in [1.29, 1.82) is 0 Å². The number of hydrogen-bond donors (Lipinski definition) is 1. The third-order valence-electron chi connectivity index (χ3n) is 3.08. The molecule has 2 aromatic carbocycles. The van der Waals surface area contributed by atoms with Gasteiger partial charge in [-0.3, -0.25) is 0 Å². The van der Waals surface area contributed by atoms with E-state index in [1.807, 2.05) is 66.7 Å². The van der Waals surface area contributed by atoms with E-state index in [0.29, 0.717) is 5.56 Å². The number of aromatic amines is 1. The van der Waals surface area contributed by atoms with Gasteiger partial charge >= 0.3 is 5.97 Å². The molecule has 0 spiro atoms. The van der Waals surface area contributed by atoms with E-state index in [4.69, 9.17) is 4.74 Å². The van der Waals surface area contributed by atoms with Crippen LogP contribution in [0.4, 0.5) is 0 Å². The molecular formula is C18H15NO2S. The molecule has 3 aromatic rings. The molecule has 0 aliphatic rings. The van der Waals surface area contributed by atoms with Gasteiger partial charge in [-0.2, -0.15) is 0 Å². The lowest BCUT2D eigenvalue weighted by atomic mass is 10.2. The highest BCUT2D eigenvalue weighted by atomic mass is 32.2. The summed E-state index contributed by atoms with van der Waals surface area (Å²) in [5.74, 6) is -0.319. The molecule has 0 saturated carbocycles. The number of esters is 1. The Bertz CT molecular complexity index is 738. The second-order valence-corrected chi connectivity index (χ2v) is 5.84. The number of carbonyl (C=O) groups is 1. The van der Waals surface area contributed by atoms with Gasteiger partial charge in [-0.05, 0) is 23.8 Å². The largest absolute Gasteiger partial charge is 0.457 e. The van der Waals surface area contributed by atoms with Crippen molar-refractivity contribution < 1.29 is 9.53 Å². The van der Waals surface area contributed by atoms with E-state index < -0.39 is 0 Å². The molecular weight excluding hydrogens is 294 g/mol. The number of aromatic nitrogens is 1. The molecule has 0 saturated heterocycles. The van der Waals surface area contributed by atoms with Crippen molar-refractivity contribution in [2.24, 2.45) is 0 Å². The first-order chi connectivity index (χ1) is 10.8. The molecule has 0 bridgehead atoms. The van der Waals surface area contributed by atoms with Crippen molar-refractivity contribution >= 4 is 17.7 Å². The normalized spacial score (nSPS) is 10.4. The van der Waals surface area contributed by atoms with Crippen molar-refractivity contribution in [2.75, 3.05) is 0 Å². The molecule has 3 rings (SSSR count). The van der Waals surface area contributed by atoms with E-state index in [9.17, 15) is 4.79 Å². The third-order valence-corrected chi connectivity index (χ3v) is 4.04. The Morgan fingerprint density at radius 2 is 1.68 bits per heavy atom. The summed E-state index contributed by atoms with van der Waals surface area (Å²) in [5, 5.41) is 0.915. The zero-order valence-corrected chi connectivity index (χ0v) is 12.7. The van der Waals surface area contributed by atoms with Gasteiger partial charge < -0.3 is 9.72 Å². The van der Waals surface area contributed by atoms with Gasteiger partial charge in [-0.15, -0.1) is 0 Å². The predicted molar refractivity (Wildman–Crippen MR) is 86.9 cm³/mol. The smallest absolute Gasteiger partial charge is 0.340 e. The standard InChI is InChI=1S/C18H15NO2S/c20-18(21-13-14-7-3-1-4-8-14)15-11-17(19-12-15)22-16-9-5-2-6-10-16/h1-12,19H,13H2. The molecule has 1 N–H and O–H groups in total. The van der Waals surface area contributed by atoms with Gasteiger partial charge in [0.25, 0.3) is 0 Å². The number of carbonyl (C=O) groups excluding carboxylic acids is 1. The van der Waals surface area contributed by atoms with Gasteiger partial charge in [-0.25, -0.2) is 4.79 Å². The predicted octanol–water partition coefficient (Wildman–Crippen LogP) is 4.52. The highest BCUT2D eigenvalue weighted by Crippen LogP contribution is 2.26. The maximum absolute atomic E-state index is 12.0. The van der Waals surface area contributed by atoms with E-state index in [1.54, 1.807) is 18.0 Å². The molecule has 22 heavy (non-hydrogen) atoms. The van der Waals surface area contributed by atoms with Gasteiger partial charge in [0.05, 0.1) is 10.6 Å². The first kappa shape index (κ1) is 14.5. The summed E-state index contributed by atoms with van der Waals surface area (Å²) in [6.45, 7) is 0.284. The Morgan fingerprint density at radius 1 is 1.00 bits per heavy atom. The zero-order valence-electron chi connectivity index (χ0n) is 11.9. The van der Waals surface area contributed by atoms with Crippen LogP contribution in [0.3, 0.4) is 0 Å². The Balaban J connectivity index is 1.60. The Kier molecular flexibility index (Phi) is 4.61. The second kappa shape index (κ2) is 7.00. The average molecular weight is 309 g/mol. The third kappa shape index (κ3) is 3.80. The van der Waals surface area contributed by atoms with Crippen molar-refractivity contribution in [3.63, 3.8) is 0 Å². The summed E-state index contributed by atoms with van der Waals surface area (Å²) < 4.78 is 5.31. The van der Waals surface area contributed by atoms with Crippen LogP contribution in [0.15, 0.2) is 82.8 Å². The lowest BCUT2D eigenvalue weighted by molar-refractivity contribution is 0.0473. The molecule has 0 fully saturated rings. The van der Waals surface area contributed by atoms with Crippen molar-refractivity contribution in [3.05, 3.63) is 84.1 Å². The van der Waals surface area contributed by atoms with Crippen LogP contribution < -0.4 is 0 Å². The average Bonchev–Trinajstić information content (AvgIpc) is 3.03. The first-order valence-electron chi connectivity index (χ1n) is 6.93. The fourth-order valence-electron chi connectivity index (χ4n) is 1.97. The maximum atomic E-state index is 12.0. The van der Waals surface area contributed by atoms with Gasteiger partial charge in [0.15, 0.2) is 0 Å². The topological polar surface area (TPSA) is 42.1 Å². The molecule has 110 valence electrons. The summed E-state index contributed by atoms with van der Waals surface area (Å²) in [6, 6.07) is 21.5. The monoisotopic (exact) mass is 309 g/mol. The Labute approximate surface area is 133 Å². The van der Waals surface area contributed by atoms with E-state index in [2.05, 4.69) is 4.98 Å². The summed E-state index contributed by atoms with van der Waals surface area (Å²) in [4.78, 5) is 16.2. The summed E-state index contributed by atoms with van der Waals surface area (Å²) in [5.41, 5.74) is 1.51. The van der Waals surface area contributed by atoms with E-state index in [-0.39, 0.29) is 12.6 Å². The lowest BCUT2D eigenvalue weighted by Crippen LogP contribution is -2.03. The highest BCUT2D eigenvalue weighted by molar-refractivity contribution is 7.99. The quantitative estimate of drug-likeness (QED) is 0.704. The lowest BCUT2D eigenvalue weighted by Gasteiger charge is -2.02. The zero-order chi connectivity index (χ0) is 15.2. The summed E-state index contributed by atoms with van der Waals surface area (Å²) in [6.07, 6.45) is 1.68. The van der Waals surface area contributed by atoms with Crippen LogP contribution in [0.25, 0.3) is 0 Å². The van der Waals surface area contributed by atoms with Crippen LogP contribution in [0.5, 0.6) is 0 Å². The SMILES string of the molecule is O=C(OCc1ccccc1)c1c[nH]c(Sc2ccccc2)c1. The van der Waals surface area contributed by atoms with E-state index in [1.165, 1.54) is 0 Å². The van der Waals surface area contributed by atoms with Crippen LogP contribution in [0.2, 0.25) is 0 Å². The molecule has 0 atom stereocenters.